The number of para-hydroxylation sites is 2. The highest BCUT2D eigenvalue weighted by molar-refractivity contribution is 5.76. The Bertz CT molecular complexity index is 556. The monoisotopic (exact) mass is 257 g/mol. The van der Waals surface area contributed by atoms with Crippen LogP contribution in [-0.2, 0) is 0 Å². The lowest BCUT2D eigenvalue weighted by Gasteiger charge is -2.31. The van der Waals surface area contributed by atoms with Crippen molar-refractivity contribution in [1.82, 2.24) is 14.9 Å². The molecule has 19 heavy (non-hydrogen) atoms. The third kappa shape index (κ3) is 2.39. The molecule has 2 atom stereocenters. The van der Waals surface area contributed by atoms with Gasteiger partial charge in [0, 0.05) is 12.1 Å². The number of nitrogens with one attached hydrogen (secondary N) is 1. The summed E-state index contributed by atoms with van der Waals surface area (Å²) in [5.74, 6) is 1.16. The SMILES string of the molecule is CCNC1CCCC(n2c(C)nc3ccccc32)C1. The second-order valence-electron chi connectivity index (χ2n) is 5.59. The number of imidazole rings is 1. The van der Waals surface area contributed by atoms with E-state index in [1.54, 1.807) is 0 Å². The molecule has 1 N–H and O–H groups in total. The normalized spacial score (nSPS) is 23.9. The fourth-order valence-corrected chi connectivity index (χ4v) is 3.50. The van der Waals surface area contributed by atoms with Crippen molar-refractivity contribution in [3.05, 3.63) is 30.1 Å². The number of benzene rings is 1. The van der Waals surface area contributed by atoms with Crippen LogP contribution in [-0.4, -0.2) is 22.1 Å². The van der Waals surface area contributed by atoms with Crippen LogP contribution in [0, 0.1) is 6.92 Å². The average Bonchev–Trinajstić information content (AvgIpc) is 2.75. The van der Waals surface area contributed by atoms with E-state index in [2.05, 4.69) is 48.0 Å². The molecule has 0 radical (unpaired) electrons. The van der Waals surface area contributed by atoms with Gasteiger partial charge in [0.25, 0.3) is 0 Å². The van der Waals surface area contributed by atoms with E-state index in [0.29, 0.717) is 12.1 Å². The molecule has 0 aliphatic heterocycles. The molecule has 3 rings (SSSR count). The van der Waals surface area contributed by atoms with E-state index in [-0.39, 0.29) is 0 Å². The summed E-state index contributed by atoms with van der Waals surface area (Å²) in [6, 6.07) is 9.77. The highest BCUT2D eigenvalue weighted by Crippen LogP contribution is 2.32. The summed E-state index contributed by atoms with van der Waals surface area (Å²) in [5.41, 5.74) is 2.42. The van der Waals surface area contributed by atoms with Crippen LogP contribution < -0.4 is 5.32 Å². The lowest BCUT2D eigenvalue weighted by atomic mass is 9.90. The predicted molar refractivity (Wildman–Crippen MR) is 79.4 cm³/mol. The molecule has 1 fully saturated rings. The van der Waals surface area contributed by atoms with E-state index in [4.69, 9.17) is 4.98 Å². The molecule has 102 valence electrons. The van der Waals surface area contributed by atoms with Crippen LogP contribution in [0.3, 0.4) is 0 Å². The Morgan fingerprint density at radius 1 is 1.32 bits per heavy atom. The second kappa shape index (κ2) is 5.33. The Balaban J connectivity index is 1.93. The Morgan fingerprint density at radius 2 is 2.16 bits per heavy atom. The Labute approximate surface area is 115 Å². The van der Waals surface area contributed by atoms with Crippen molar-refractivity contribution < 1.29 is 0 Å². The van der Waals surface area contributed by atoms with Crippen molar-refractivity contribution in [3.63, 3.8) is 0 Å². The number of aromatic nitrogens is 2. The summed E-state index contributed by atoms with van der Waals surface area (Å²) in [7, 11) is 0. The molecule has 1 aromatic heterocycles. The molecule has 1 aromatic carbocycles. The van der Waals surface area contributed by atoms with E-state index >= 15 is 0 Å². The summed E-state index contributed by atoms with van der Waals surface area (Å²) in [5, 5.41) is 3.61. The van der Waals surface area contributed by atoms with E-state index < -0.39 is 0 Å². The van der Waals surface area contributed by atoms with Crippen LogP contribution in [0.1, 0.15) is 44.5 Å². The first-order chi connectivity index (χ1) is 9.29. The molecular weight excluding hydrogens is 234 g/mol. The molecule has 3 heteroatoms. The molecule has 2 aromatic rings. The molecule has 1 aliphatic rings. The number of hydrogen-bond donors (Lipinski definition) is 1. The number of rotatable bonds is 3. The molecule has 0 saturated heterocycles. The molecule has 1 saturated carbocycles. The maximum Gasteiger partial charge on any atom is 0.106 e. The molecule has 3 nitrogen and oxygen atoms in total. The van der Waals surface area contributed by atoms with Gasteiger partial charge in [0.2, 0.25) is 0 Å². The topological polar surface area (TPSA) is 29.9 Å². The molecule has 0 amide bonds. The van der Waals surface area contributed by atoms with Gasteiger partial charge in [-0.15, -0.1) is 0 Å². The van der Waals surface area contributed by atoms with Crippen molar-refractivity contribution in [3.8, 4) is 0 Å². The van der Waals surface area contributed by atoms with Gasteiger partial charge in [-0.25, -0.2) is 4.98 Å². The van der Waals surface area contributed by atoms with Crippen molar-refractivity contribution in [2.75, 3.05) is 6.54 Å². The third-order valence-corrected chi connectivity index (χ3v) is 4.28. The fourth-order valence-electron chi connectivity index (χ4n) is 3.50. The van der Waals surface area contributed by atoms with Crippen LogP contribution in [0.2, 0.25) is 0 Å². The van der Waals surface area contributed by atoms with E-state index in [0.717, 1.165) is 17.9 Å². The Morgan fingerprint density at radius 3 is 3.00 bits per heavy atom. The van der Waals surface area contributed by atoms with Gasteiger partial charge in [0.05, 0.1) is 11.0 Å². The summed E-state index contributed by atoms with van der Waals surface area (Å²) in [6.45, 7) is 5.40. The van der Waals surface area contributed by atoms with Gasteiger partial charge in [0.15, 0.2) is 0 Å². The summed E-state index contributed by atoms with van der Waals surface area (Å²) in [6.07, 6.45) is 5.14. The van der Waals surface area contributed by atoms with Crippen LogP contribution >= 0.6 is 0 Å². The van der Waals surface area contributed by atoms with Crippen molar-refractivity contribution in [2.24, 2.45) is 0 Å². The summed E-state index contributed by atoms with van der Waals surface area (Å²) in [4.78, 5) is 4.70. The lowest BCUT2D eigenvalue weighted by molar-refractivity contribution is 0.289. The van der Waals surface area contributed by atoms with Gasteiger partial charge >= 0.3 is 0 Å². The third-order valence-electron chi connectivity index (χ3n) is 4.28. The first-order valence-corrected chi connectivity index (χ1v) is 7.46. The van der Waals surface area contributed by atoms with Gasteiger partial charge in [0.1, 0.15) is 5.82 Å². The van der Waals surface area contributed by atoms with Gasteiger partial charge in [-0.2, -0.15) is 0 Å². The summed E-state index contributed by atoms with van der Waals surface area (Å²) < 4.78 is 2.46. The summed E-state index contributed by atoms with van der Waals surface area (Å²) >= 11 is 0. The largest absolute Gasteiger partial charge is 0.325 e. The zero-order valence-corrected chi connectivity index (χ0v) is 11.9. The maximum absolute atomic E-state index is 4.70. The molecule has 1 heterocycles. The molecular formula is C16H23N3. The highest BCUT2D eigenvalue weighted by Gasteiger charge is 2.24. The highest BCUT2D eigenvalue weighted by atomic mass is 15.1. The van der Waals surface area contributed by atoms with Crippen molar-refractivity contribution >= 4 is 11.0 Å². The van der Waals surface area contributed by atoms with Gasteiger partial charge in [-0.05, 0) is 51.3 Å². The second-order valence-corrected chi connectivity index (χ2v) is 5.59. The zero-order chi connectivity index (χ0) is 13.2. The minimum Gasteiger partial charge on any atom is -0.325 e. The first-order valence-electron chi connectivity index (χ1n) is 7.46. The number of nitrogens with zero attached hydrogens (tertiary/aromatic N) is 2. The molecule has 0 spiro atoms. The fraction of sp³-hybridized carbons (Fsp3) is 0.562. The zero-order valence-electron chi connectivity index (χ0n) is 11.9. The van der Waals surface area contributed by atoms with Crippen LogP contribution in [0.5, 0.6) is 0 Å². The van der Waals surface area contributed by atoms with E-state index in [1.807, 2.05) is 0 Å². The molecule has 1 aliphatic carbocycles. The Hall–Kier alpha value is -1.35. The molecule has 2 unspecified atom stereocenters. The predicted octanol–water partition coefficient (Wildman–Crippen LogP) is 3.44. The van der Waals surface area contributed by atoms with Crippen LogP contribution in [0.15, 0.2) is 24.3 Å². The smallest absolute Gasteiger partial charge is 0.106 e. The number of hydrogen-bond acceptors (Lipinski definition) is 2. The minimum atomic E-state index is 0.602. The molecule has 0 bridgehead atoms. The van der Waals surface area contributed by atoms with Crippen LogP contribution in [0.4, 0.5) is 0 Å². The lowest BCUT2D eigenvalue weighted by Crippen LogP contribution is -2.34. The van der Waals surface area contributed by atoms with E-state index in [1.165, 1.54) is 31.2 Å². The van der Waals surface area contributed by atoms with Gasteiger partial charge < -0.3 is 9.88 Å². The maximum atomic E-state index is 4.70. The standard InChI is InChI=1S/C16H23N3/c1-3-17-13-7-6-8-14(11-13)19-12(2)18-15-9-4-5-10-16(15)19/h4-5,9-10,13-14,17H,3,6-8,11H2,1-2H3. The van der Waals surface area contributed by atoms with Crippen molar-refractivity contribution in [1.29, 1.82) is 0 Å². The van der Waals surface area contributed by atoms with Crippen LogP contribution in [0.25, 0.3) is 11.0 Å². The minimum absolute atomic E-state index is 0.602. The van der Waals surface area contributed by atoms with E-state index in [9.17, 15) is 0 Å². The first kappa shape index (κ1) is 12.7. The number of fused-ring (bicyclic) bond motifs is 1. The number of aryl methyl sites for hydroxylation is 1. The Kier molecular flexibility index (Phi) is 3.56. The quantitative estimate of drug-likeness (QED) is 0.913. The van der Waals surface area contributed by atoms with Gasteiger partial charge in [-0.1, -0.05) is 19.1 Å². The average molecular weight is 257 g/mol. The van der Waals surface area contributed by atoms with Crippen molar-refractivity contribution in [2.45, 2.75) is 51.6 Å². The van der Waals surface area contributed by atoms with Gasteiger partial charge in [-0.3, -0.25) is 0 Å².